The molecule has 26 heavy (non-hydrogen) atoms. The molecule has 1 spiro atoms. The van der Waals surface area contributed by atoms with Crippen molar-refractivity contribution < 1.29 is 9.53 Å². The number of morpholine rings is 1. The molecule has 1 aliphatic carbocycles. The van der Waals surface area contributed by atoms with Gasteiger partial charge in [-0.2, -0.15) is 5.10 Å². The Kier molecular flexibility index (Phi) is 4.57. The molecule has 1 saturated carbocycles. The third-order valence-corrected chi connectivity index (χ3v) is 5.90. The highest BCUT2D eigenvalue weighted by molar-refractivity contribution is 5.81. The van der Waals surface area contributed by atoms with E-state index in [2.05, 4.69) is 21.0 Å². The summed E-state index contributed by atoms with van der Waals surface area (Å²) in [5, 5.41) is 4.43. The van der Waals surface area contributed by atoms with Crippen LogP contribution in [0.4, 0.5) is 0 Å². The number of nitrogens with zero attached hydrogens (tertiary/aromatic N) is 5. The molecule has 2 aliphatic heterocycles. The van der Waals surface area contributed by atoms with E-state index in [1.165, 1.54) is 18.5 Å². The van der Waals surface area contributed by atoms with Crippen LogP contribution in [0.25, 0.3) is 0 Å². The van der Waals surface area contributed by atoms with E-state index in [0.29, 0.717) is 6.61 Å². The van der Waals surface area contributed by atoms with Crippen LogP contribution in [-0.4, -0.2) is 88.9 Å². The third kappa shape index (κ3) is 3.52. The Morgan fingerprint density at radius 3 is 2.65 bits per heavy atom. The lowest BCUT2D eigenvalue weighted by atomic mass is 9.90. The summed E-state index contributed by atoms with van der Waals surface area (Å²) in [6.45, 7) is 7.23. The van der Waals surface area contributed by atoms with Crippen molar-refractivity contribution >= 4 is 5.91 Å². The Morgan fingerprint density at radius 2 is 2.08 bits per heavy atom. The van der Waals surface area contributed by atoms with Crippen LogP contribution in [0.1, 0.15) is 24.2 Å². The van der Waals surface area contributed by atoms with E-state index < -0.39 is 0 Å². The molecule has 7 heteroatoms. The molecule has 0 unspecified atom stereocenters. The summed E-state index contributed by atoms with van der Waals surface area (Å²) in [7, 11) is 5.68. The topological polar surface area (TPSA) is 53.8 Å². The molecule has 3 fully saturated rings. The minimum atomic E-state index is -0.120. The number of ether oxygens (including phenoxy) is 1. The molecule has 3 heterocycles. The van der Waals surface area contributed by atoms with Crippen molar-refractivity contribution in [3.05, 3.63) is 17.5 Å². The van der Waals surface area contributed by atoms with Crippen molar-refractivity contribution in [2.45, 2.75) is 38.0 Å². The lowest BCUT2D eigenvalue weighted by molar-refractivity contribution is -0.205. The van der Waals surface area contributed by atoms with Crippen LogP contribution in [0.15, 0.2) is 6.07 Å². The molecule has 1 amide bonds. The van der Waals surface area contributed by atoms with Crippen molar-refractivity contribution in [2.24, 2.45) is 13.0 Å². The molecule has 0 N–H and O–H groups in total. The van der Waals surface area contributed by atoms with E-state index in [9.17, 15) is 4.79 Å². The molecule has 7 nitrogen and oxygen atoms in total. The van der Waals surface area contributed by atoms with Crippen molar-refractivity contribution in [1.29, 1.82) is 0 Å². The minimum absolute atomic E-state index is 0.106. The summed E-state index contributed by atoms with van der Waals surface area (Å²) >= 11 is 0. The molecule has 1 aromatic heterocycles. The van der Waals surface area contributed by atoms with Gasteiger partial charge >= 0.3 is 0 Å². The van der Waals surface area contributed by atoms with Gasteiger partial charge in [0, 0.05) is 53.9 Å². The van der Waals surface area contributed by atoms with Crippen LogP contribution < -0.4 is 0 Å². The van der Waals surface area contributed by atoms with Gasteiger partial charge in [-0.05, 0) is 31.7 Å². The third-order valence-electron chi connectivity index (χ3n) is 5.90. The molecule has 144 valence electrons. The Hall–Kier alpha value is -1.44. The summed E-state index contributed by atoms with van der Waals surface area (Å²) in [5.74, 6) is 0.943. The van der Waals surface area contributed by atoms with E-state index in [1.807, 2.05) is 32.7 Å². The van der Waals surface area contributed by atoms with Crippen molar-refractivity contribution in [1.82, 2.24) is 24.5 Å². The highest BCUT2D eigenvalue weighted by Gasteiger charge is 2.51. The molecule has 2 saturated heterocycles. The highest BCUT2D eigenvalue weighted by Crippen LogP contribution is 2.36. The molecule has 0 bridgehead atoms. The van der Waals surface area contributed by atoms with E-state index in [-0.39, 0.29) is 17.6 Å². The van der Waals surface area contributed by atoms with Crippen molar-refractivity contribution in [2.75, 3.05) is 46.9 Å². The molecular weight excluding hydrogens is 330 g/mol. The van der Waals surface area contributed by atoms with Gasteiger partial charge in [0.1, 0.15) is 11.6 Å². The summed E-state index contributed by atoms with van der Waals surface area (Å²) < 4.78 is 8.23. The number of aryl methyl sites for hydroxylation is 2. The number of amides is 1. The van der Waals surface area contributed by atoms with Crippen LogP contribution in [0.2, 0.25) is 0 Å². The first kappa shape index (κ1) is 17.9. The second-order valence-corrected chi connectivity index (χ2v) is 8.66. The van der Waals surface area contributed by atoms with Crippen LogP contribution in [0, 0.1) is 12.8 Å². The predicted molar refractivity (Wildman–Crippen MR) is 98.7 cm³/mol. The van der Waals surface area contributed by atoms with Crippen LogP contribution in [-0.2, 0) is 23.1 Å². The maximum atomic E-state index is 12.6. The lowest BCUT2D eigenvalue weighted by Crippen LogP contribution is -2.72. The Morgan fingerprint density at radius 1 is 1.35 bits per heavy atom. The normalized spacial score (nSPS) is 26.1. The van der Waals surface area contributed by atoms with Gasteiger partial charge in [0.15, 0.2) is 0 Å². The fraction of sp³-hybridized carbons (Fsp3) is 0.789. The standard InChI is InChI=1S/C19H31N5O2/c1-14-7-16(22(4)20-14)9-23-11-19(12-23)13-24(8-15-5-6-15)17(10-26-19)18(25)21(2)3/h7,15,17H,5-6,8-13H2,1-4H3/t17-/m0/s1. The fourth-order valence-corrected chi connectivity index (χ4v) is 4.35. The maximum absolute atomic E-state index is 12.6. The van der Waals surface area contributed by atoms with Gasteiger partial charge in [-0.25, -0.2) is 0 Å². The summed E-state index contributed by atoms with van der Waals surface area (Å²) in [6.07, 6.45) is 2.61. The molecule has 4 rings (SSSR count). The van der Waals surface area contributed by atoms with Crippen LogP contribution >= 0.6 is 0 Å². The van der Waals surface area contributed by atoms with Gasteiger partial charge in [0.2, 0.25) is 5.91 Å². The second kappa shape index (κ2) is 6.62. The number of likely N-dealkylation sites (N-methyl/N-ethyl adjacent to an activating group) is 1. The summed E-state index contributed by atoms with van der Waals surface area (Å²) in [6, 6.07) is 2.03. The molecule has 0 radical (unpaired) electrons. The second-order valence-electron chi connectivity index (χ2n) is 8.66. The molecule has 0 aromatic carbocycles. The molecule has 3 aliphatic rings. The Bertz CT molecular complexity index is 675. The average molecular weight is 361 g/mol. The van der Waals surface area contributed by atoms with Gasteiger partial charge in [0.05, 0.1) is 18.0 Å². The van der Waals surface area contributed by atoms with E-state index in [1.54, 1.807) is 4.90 Å². The predicted octanol–water partition coefficient (Wildman–Crippen LogP) is 0.482. The summed E-state index contributed by atoms with van der Waals surface area (Å²) in [5.41, 5.74) is 2.20. The minimum Gasteiger partial charge on any atom is -0.369 e. The fourth-order valence-electron chi connectivity index (χ4n) is 4.35. The first-order valence-electron chi connectivity index (χ1n) is 9.66. The lowest BCUT2D eigenvalue weighted by Gasteiger charge is -2.55. The first-order chi connectivity index (χ1) is 12.3. The number of carbonyl (C=O) groups excluding carboxylic acids is 1. The number of hydrogen-bond donors (Lipinski definition) is 0. The number of hydrogen-bond acceptors (Lipinski definition) is 5. The molecular formula is C19H31N5O2. The van der Waals surface area contributed by atoms with Gasteiger partial charge in [0.25, 0.3) is 0 Å². The Labute approximate surface area is 155 Å². The average Bonchev–Trinajstić information content (AvgIpc) is 3.30. The largest absolute Gasteiger partial charge is 0.369 e. The molecule has 1 atom stereocenters. The van der Waals surface area contributed by atoms with Gasteiger partial charge in [-0.3, -0.25) is 19.3 Å². The van der Waals surface area contributed by atoms with Gasteiger partial charge in [-0.1, -0.05) is 0 Å². The van der Waals surface area contributed by atoms with Gasteiger partial charge < -0.3 is 9.64 Å². The smallest absolute Gasteiger partial charge is 0.241 e. The van der Waals surface area contributed by atoms with E-state index >= 15 is 0 Å². The van der Waals surface area contributed by atoms with Crippen LogP contribution in [0.5, 0.6) is 0 Å². The maximum Gasteiger partial charge on any atom is 0.241 e. The number of likely N-dealkylation sites (tertiary alicyclic amines) is 1. The van der Waals surface area contributed by atoms with Crippen molar-refractivity contribution in [3.8, 4) is 0 Å². The quantitative estimate of drug-likeness (QED) is 0.764. The zero-order valence-corrected chi connectivity index (χ0v) is 16.4. The summed E-state index contributed by atoms with van der Waals surface area (Å²) in [4.78, 5) is 19.1. The van der Waals surface area contributed by atoms with Crippen LogP contribution in [0.3, 0.4) is 0 Å². The first-order valence-corrected chi connectivity index (χ1v) is 9.66. The molecule has 1 aromatic rings. The number of rotatable bonds is 5. The van der Waals surface area contributed by atoms with E-state index in [0.717, 1.165) is 44.3 Å². The van der Waals surface area contributed by atoms with E-state index in [4.69, 9.17) is 4.74 Å². The van der Waals surface area contributed by atoms with Crippen molar-refractivity contribution in [3.63, 3.8) is 0 Å². The SMILES string of the molecule is Cc1cc(CN2CC3(C2)CN(CC2CC2)[C@H](C(=O)N(C)C)CO3)n(C)n1. The zero-order chi connectivity index (χ0) is 18.5. The number of carbonyl (C=O) groups is 1. The zero-order valence-electron chi connectivity index (χ0n) is 16.4. The van der Waals surface area contributed by atoms with Gasteiger partial charge in [-0.15, -0.1) is 0 Å². The monoisotopic (exact) mass is 361 g/mol. The highest BCUT2D eigenvalue weighted by atomic mass is 16.5. The number of aromatic nitrogens is 2. The Balaban J connectivity index is 1.38.